The van der Waals surface area contributed by atoms with E-state index in [2.05, 4.69) is 40.3 Å². The van der Waals surface area contributed by atoms with Crippen molar-refractivity contribution in [2.45, 2.75) is 6.85 Å². The number of hydrogen-bond donors (Lipinski definition) is 0. The van der Waals surface area contributed by atoms with Crippen LogP contribution in [0.4, 0.5) is 8.78 Å². The maximum atomic E-state index is 13.4. The van der Waals surface area contributed by atoms with E-state index in [-0.39, 0.29) is 36.9 Å². The van der Waals surface area contributed by atoms with Crippen LogP contribution in [0, 0.1) is 30.6 Å². The average molecular weight is 630 g/mol. The Kier molecular flexibility index (Phi) is 7.47. The minimum absolute atomic E-state index is 0. The van der Waals surface area contributed by atoms with Crippen LogP contribution in [0.25, 0.3) is 33.6 Å². The fourth-order valence-electron chi connectivity index (χ4n) is 3.09. The van der Waals surface area contributed by atoms with Crippen molar-refractivity contribution < 1.29 is 33.0 Å². The first-order chi connectivity index (χ1) is 17.3. The van der Waals surface area contributed by atoms with E-state index in [0.717, 1.165) is 35.2 Å². The third-order valence-electron chi connectivity index (χ3n) is 4.73. The molecule has 5 aromatic rings. The fourth-order valence-corrected chi connectivity index (χ4v) is 3.09. The van der Waals surface area contributed by atoms with E-state index in [0.29, 0.717) is 0 Å². The van der Waals surface area contributed by atoms with Crippen LogP contribution in [0.5, 0.6) is 0 Å². The molecule has 1 radical (unpaired) electrons. The number of benzene rings is 3. The number of aryl methyl sites for hydroxylation is 1. The first kappa shape index (κ1) is 21.0. The van der Waals surface area contributed by atoms with Crippen LogP contribution in [0.15, 0.2) is 103 Å². The van der Waals surface area contributed by atoms with Gasteiger partial charge in [-0.25, -0.2) is 4.39 Å². The first-order valence-electron chi connectivity index (χ1n) is 11.6. The van der Waals surface area contributed by atoms with Gasteiger partial charge in [0.15, 0.2) is 0 Å². The van der Waals surface area contributed by atoms with Crippen molar-refractivity contribution in [3.63, 3.8) is 0 Å². The summed E-state index contributed by atoms with van der Waals surface area (Å²) in [5.74, 6) is -1.36. The number of rotatable bonds is 3. The summed E-state index contributed by atoms with van der Waals surface area (Å²) in [4.78, 5) is 8.31. The predicted octanol–water partition coefficient (Wildman–Crippen LogP) is 7.35. The minimum atomic E-state index is -2.27. The molecule has 0 unspecified atom stereocenters. The van der Waals surface area contributed by atoms with Gasteiger partial charge in [-0.1, -0.05) is 60.2 Å². The van der Waals surface area contributed by atoms with Crippen LogP contribution in [-0.4, -0.2) is 9.97 Å². The van der Waals surface area contributed by atoms with Gasteiger partial charge in [-0.05, 0) is 34.9 Å². The number of pyridine rings is 2. The Labute approximate surface area is 215 Å². The normalized spacial score (nSPS) is 11.6. The molecule has 0 aliphatic heterocycles. The third-order valence-corrected chi connectivity index (χ3v) is 4.73. The predicted molar refractivity (Wildman–Crippen MR) is 127 cm³/mol. The molecule has 0 fully saturated rings. The van der Waals surface area contributed by atoms with E-state index in [1.54, 1.807) is 0 Å². The summed E-state index contributed by atoms with van der Waals surface area (Å²) in [7, 11) is 0. The van der Waals surface area contributed by atoms with Crippen molar-refractivity contribution in [3.05, 3.63) is 133 Å². The largest absolute Gasteiger partial charge is 0.304 e. The second-order valence-corrected chi connectivity index (χ2v) is 7.04. The molecular weight excluding hydrogens is 607 g/mol. The molecule has 5 heteroatoms. The summed E-state index contributed by atoms with van der Waals surface area (Å²) in [6, 6.07) is 32.2. The SMILES string of the molecule is [2H]C([2H])([2H])c1ccc(-c2[c-]c(F)ccc2F)nc1.[Ir].[c-]1ccccc1-c1ccc(-c2ccccc2)cn1. The molecule has 2 heterocycles. The van der Waals surface area contributed by atoms with Gasteiger partial charge in [-0.3, -0.25) is 4.39 Å². The zero-order valence-electron chi connectivity index (χ0n) is 20.8. The van der Waals surface area contributed by atoms with Gasteiger partial charge in [0.2, 0.25) is 0 Å². The van der Waals surface area contributed by atoms with Crippen molar-refractivity contribution in [1.82, 2.24) is 9.97 Å². The average Bonchev–Trinajstić information content (AvgIpc) is 2.91. The number of aromatic nitrogens is 2. The monoisotopic (exact) mass is 630 g/mol. The van der Waals surface area contributed by atoms with Gasteiger partial charge in [0.1, 0.15) is 0 Å². The molecule has 0 bridgehead atoms. The quantitative estimate of drug-likeness (QED) is 0.195. The molecule has 171 valence electrons. The zero-order valence-corrected chi connectivity index (χ0v) is 20.2. The Morgan fingerprint density at radius 1 is 0.735 bits per heavy atom. The van der Waals surface area contributed by atoms with Crippen molar-refractivity contribution >= 4 is 0 Å². The third kappa shape index (κ3) is 6.50. The standard InChI is InChI=1S/C17H12N.C12H8F2N.Ir/c1-3-7-14(8-4-1)16-11-12-17(18-13-16)15-9-5-2-6-10-15;1-8-2-5-12(15-7-8)10-6-9(13)3-4-11(10)14;/h1-9,11-13H;2-5,7H,1H3;/q2*-1;/i;1D3;. The molecule has 0 atom stereocenters. The van der Waals surface area contributed by atoms with Crippen molar-refractivity contribution in [1.29, 1.82) is 0 Å². The van der Waals surface area contributed by atoms with Crippen molar-refractivity contribution in [2.24, 2.45) is 0 Å². The summed E-state index contributed by atoms with van der Waals surface area (Å²) in [6.45, 7) is -2.27. The Morgan fingerprint density at radius 3 is 2.15 bits per heavy atom. The van der Waals surface area contributed by atoms with Crippen LogP contribution in [0.1, 0.15) is 9.68 Å². The molecular formula is C29H20F2IrN2-2. The maximum absolute atomic E-state index is 13.4. The maximum Gasteiger partial charge on any atom is 0.0407 e. The van der Waals surface area contributed by atoms with Crippen molar-refractivity contribution in [2.75, 3.05) is 0 Å². The molecule has 2 aromatic heterocycles. The smallest absolute Gasteiger partial charge is 0.0407 e. The Hall–Kier alpha value is -3.53. The summed E-state index contributed by atoms with van der Waals surface area (Å²) in [6.07, 6.45) is 3.03. The van der Waals surface area contributed by atoms with E-state index < -0.39 is 18.5 Å². The van der Waals surface area contributed by atoms with Gasteiger partial charge in [-0.15, -0.1) is 54.1 Å². The van der Waals surface area contributed by atoms with E-state index in [1.807, 2.05) is 54.7 Å². The minimum Gasteiger partial charge on any atom is -0.304 e. The Balaban J connectivity index is 0.000000200. The van der Waals surface area contributed by atoms with Crippen LogP contribution >= 0.6 is 0 Å². The molecule has 3 aromatic carbocycles. The van der Waals surface area contributed by atoms with Crippen molar-refractivity contribution in [3.8, 4) is 33.6 Å². The van der Waals surface area contributed by atoms with Gasteiger partial charge in [0, 0.05) is 48.2 Å². The summed E-state index contributed by atoms with van der Waals surface area (Å²) in [5.41, 5.74) is 4.37. The zero-order chi connectivity index (χ0) is 25.5. The summed E-state index contributed by atoms with van der Waals surface area (Å²) >= 11 is 0. The van der Waals surface area contributed by atoms with Gasteiger partial charge in [-0.2, -0.15) is 0 Å². The molecule has 0 saturated heterocycles. The Bertz CT molecular complexity index is 1350. The molecule has 2 nitrogen and oxygen atoms in total. The van der Waals surface area contributed by atoms with E-state index in [4.69, 9.17) is 4.11 Å². The van der Waals surface area contributed by atoms with Crippen LogP contribution < -0.4 is 0 Å². The first-order valence-corrected chi connectivity index (χ1v) is 10.1. The van der Waals surface area contributed by atoms with Gasteiger partial charge in [0.05, 0.1) is 0 Å². The molecule has 34 heavy (non-hydrogen) atoms. The number of nitrogens with zero attached hydrogens (tertiary/aromatic N) is 2. The molecule has 0 spiro atoms. The summed E-state index contributed by atoms with van der Waals surface area (Å²) in [5, 5.41) is 0. The van der Waals surface area contributed by atoms with Crippen LogP contribution in [0.3, 0.4) is 0 Å². The molecule has 0 amide bonds. The van der Waals surface area contributed by atoms with Gasteiger partial charge >= 0.3 is 0 Å². The van der Waals surface area contributed by atoms with E-state index >= 15 is 0 Å². The molecule has 0 saturated carbocycles. The molecule has 0 aliphatic carbocycles. The molecule has 0 N–H and O–H groups in total. The Morgan fingerprint density at radius 2 is 1.50 bits per heavy atom. The van der Waals surface area contributed by atoms with Crippen LogP contribution in [0.2, 0.25) is 0 Å². The van der Waals surface area contributed by atoms with Gasteiger partial charge in [0.25, 0.3) is 0 Å². The molecule has 5 rings (SSSR count). The second kappa shape index (κ2) is 12.1. The van der Waals surface area contributed by atoms with Crippen LogP contribution in [-0.2, 0) is 20.1 Å². The second-order valence-electron chi connectivity index (χ2n) is 7.04. The topological polar surface area (TPSA) is 25.8 Å². The fraction of sp³-hybridized carbons (Fsp3) is 0.0345. The molecule has 0 aliphatic rings. The van der Waals surface area contributed by atoms with E-state index in [1.165, 1.54) is 17.7 Å². The van der Waals surface area contributed by atoms with E-state index in [9.17, 15) is 8.78 Å². The number of hydrogen-bond acceptors (Lipinski definition) is 2. The van der Waals surface area contributed by atoms with Gasteiger partial charge < -0.3 is 9.97 Å². The summed E-state index contributed by atoms with van der Waals surface area (Å²) < 4.78 is 47.9. The number of halogens is 2.